The number of Topliss-reactive ketones (excluding diaryl/α,β-unsaturated/α-hetero) is 1. The van der Waals surface area contributed by atoms with E-state index >= 15 is 0 Å². The van der Waals surface area contributed by atoms with Gasteiger partial charge in [-0.15, -0.1) is 0 Å². The summed E-state index contributed by atoms with van der Waals surface area (Å²) in [5.74, 6) is -2.57. The van der Waals surface area contributed by atoms with Gasteiger partial charge in [-0.25, -0.2) is 4.79 Å². The molecule has 4 saturated carbocycles. The Kier molecular flexibility index (Phi) is 14.0. The third-order valence-electron chi connectivity index (χ3n) is 11.3. The average molecular weight is 808 g/mol. The Balaban J connectivity index is 1.30. The van der Waals surface area contributed by atoms with Crippen LogP contribution in [-0.4, -0.2) is 95.6 Å². The molecule has 4 aliphatic carbocycles. The van der Waals surface area contributed by atoms with Crippen molar-refractivity contribution in [2.45, 2.75) is 101 Å². The number of amides is 4. The fourth-order valence-electron chi connectivity index (χ4n) is 9.40. The number of esters is 1. The molecule has 15 heteroatoms. The van der Waals surface area contributed by atoms with Crippen LogP contribution >= 0.6 is 11.8 Å². The molecule has 2 aromatic rings. The van der Waals surface area contributed by atoms with E-state index in [1.807, 2.05) is 36.6 Å². The van der Waals surface area contributed by atoms with Crippen LogP contribution in [0.2, 0.25) is 0 Å². The maximum absolute atomic E-state index is 14.8. The SMILES string of the molecule is COC(=O)C12CC3CC(CC(N)(C3)C1C(=O)[C@H](Cc1ccccc1)NC(=O)CNC(=O)C(CCSC)NC(=O)[C@H](Cc1ccc(O)cc1)NC(=O)OC(C)(C)C)C2. The predicted molar refractivity (Wildman–Crippen MR) is 215 cm³/mol. The largest absolute Gasteiger partial charge is 0.508 e. The van der Waals surface area contributed by atoms with Crippen molar-refractivity contribution in [3.8, 4) is 5.75 Å². The number of carbonyl (C=O) groups is 6. The molecule has 6 atom stereocenters. The number of nitrogens with two attached hydrogens (primary N) is 1. The first kappa shape index (κ1) is 43.5. The number of carbonyl (C=O) groups excluding carboxylic acids is 6. The summed E-state index contributed by atoms with van der Waals surface area (Å²) in [4.78, 5) is 82.1. The van der Waals surface area contributed by atoms with Crippen LogP contribution in [0.25, 0.3) is 0 Å². The summed E-state index contributed by atoms with van der Waals surface area (Å²) < 4.78 is 10.7. The first-order valence-electron chi connectivity index (χ1n) is 19.5. The molecule has 2 aromatic carbocycles. The molecule has 4 unspecified atom stereocenters. The number of phenolic OH excluding ortho intramolecular Hbond substituents is 1. The van der Waals surface area contributed by atoms with Crippen LogP contribution in [0.3, 0.4) is 0 Å². The van der Waals surface area contributed by atoms with Gasteiger partial charge in [-0.1, -0.05) is 42.5 Å². The molecule has 4 bridgehead atoms. The standard InChI is InChI=1S/C42H57N5O9S/c1-40(2,3)56-39(54)47-32(19-26-11-13-29(48)14-12-26)37(52)46-30(15-16-57-5)36(51)44-24-33(49)45-31(18-25-9-7-6-8-10-25)34(50)35-41(38(53)55-4)20-27-17-28(21-41)23-42(35,43)22-27/h6-14,27-28,30-32,35,48H,15-24,43H2,1-5H3,(H,44,51)(H,45,49)(H,46,52)(H,47,54)/t27?,28?,30?,31-,32-,35?,41?,42?/m0/s1. The van der Waals surface area contributed by atoms with Crippen LogP contribution in [0, 0.1) is 23.2 Å². The Bertz CT molecular complexity index is 1770. The molecule has 57 heavy (non-hydrogen) atoms. The van der Waals surface area contributed by atoms with Crippen molar-refractivity contribution in [3.63, 3.8) is 0 Å². The number of alkyl carbamates (subject to hydrolysis) is 1. The number of nitrogens with one attached hydrogen (secondary N) is 4. The van der Waals surface area contributed by atoms with Gasteiger partial charge in [-0.3, -0.25) is 24.0 Å². The number of aromatic hydroxyl groups is 1. The van der Waals surface area contributed by atoms with Crippen molar-refractivity contribution in [1.82, 2.24) is 21.3 Å². The average Bonchev–Trinajstić information content (AvgIpc) is 3.14. The number of phenols is 1. The number of rotatable bonds is 17. The van der Waals surface area contributed by atoms with E-state index in [1.54, 1.807) is 32.9 Å². The molecule has 6 rings (SSSR count). The minimum Gasteiger partial charge on any atom is -0.508 e. The third-order valence-corrected chi connectivity index (χ3v) is 12.0. The topological polar surface area (TPSA) is 215 Å². The smallest absolute Gasteiger partial charge is 0.408 e. The lowest BCUT2D eigenvalue weighted by atomic mass is 9.41. The van der Waals surface area contributed by atoms with Gasteiger partial charge in [0.15, 0.2) is 5.78 Å². The van der Waals surface area contributed by atoms with Gasteiger partial charge < -0.3 is 41.6 Å². The quantitative estimate of drug-likeness (QED) is 0.128. The van der Waals surface area contributed by atoms with Crippen molar-refractivity contribution in [2.75, 3.05) is 25.7 Å². The van der Waals surface area contributed by atoms with Gasteiger partial charge in [0.1, 0.15) is 23.4 Å². The Morgan fingerprint density at radius 3 is 2.05 bits per heavy atom. The summed E-state index contributed by atoms with van der Waals surface area (Å²) in [5, 5.41) is 20.5. The molecule has 4 fully saturated rings. The molecule has 4 aliphatic rings. The van der Waals surface area contributed by atoms with E-state index in [0.29, 0.717) is 37.0 Å². The lowest BCUT2D eigenvalue weighted by Crippen LogP contribution is -2.72. The number of thioether (sulfide) groups is 1. The van der Waals surface area contributed by atoms with Gasteiger partial charge >= 0.3 is 12.1 Å². The minimum absolute atomic E-state index is 0.0329. The van der Waals surface area contributed by atoms with E-state index in [2.05, 4.69) is 21.3 Å². The summed E-state index contributed by atoms with van der Waals surface area (Å²) in [6.45, 7) is 4.57. The van der Waals surface area contributed by atoms with Gasteiger partial charge in [0.25, 0.3) is 0 Å². The highest BCUT2D eigenvalue weighted by Crippen LogP contribution is 2.64. The van der Waals surface area contributed by atoms with E-state index in [0.717, 1.165) is 12.0 Å². The van der Waals surface area contributed by atoms with E-state index in [4.69, 9.17) is 15.2 Å². The first-order chi connectivity index (χ1) is 26.9. The predicted octanol–water partition coefficient (Wildman–Crippen LogP) is 3.18. The lowest BCUT2D eigenvalue weighted by Gasteiger charge is -2.63. The maximum Gasteiger partial charge on any atom is 0.408 e. The summed E-state index contributed by atoms with van der Waals surface area (Å²) in [7, 11) is 1.33. The fraction of sp³-hybridized carbons (Fsp3) is 0.571. The van der Waals surface area contributed by atoms with Crippen LogP contribution in [0.4, 0.5) is 4.79 Å². The number of ketones is 1. The summed E-state index contributed by atoms with van der Waals surface area (Å²) in [6.07, 6.45) is 4.66. The number of ether oxygens (including phenoxy) is 2. The Hall–Kier alpha value is -4.63. The minimum atomic E-state index is -1.15. The van der Waals surface area contributed by atoms with Crippen LogP contribution in [0.15, 0.2) is 54.6 Å². The summed E-state index contributed by atoms with van der Waals surface area (Å²) in [5.41, 5.74) is 5.68. The zero-order chi connectivity index (χ0) is 41.5. The van der Waals surface area contributed by atoms with Crippen LogP contribution in [0.5, 0.6) is 5.75 Å². The number of benzene rings is 2. The lowest BCUT2D eigenvalue weighted by molar-refractivity contribution is -0.188. The number of methoxy groups -OCH3 is 1. The van der Waals surface area contributed by atoms with Crippen LogP contribution in [-0.2, 0) is 46.3 Å². The molecule has 0 aromatic heterocycles. The molecule has 4 amide bonds. The van der Waals surface area contributed by atoms with E-state index in [9.17, 15) is 33.9 Å². The second-order valence-electron chi connectivity index (χ2n) is 16.9. The molecule has 0 heterocycles. The molecule has 310 valence electrons. The van der Waals surface area contributed by atoms with E-state index < -0.39 is 76.9 Å². The molecule has 14 nitrogen and oxygen atoms in total. The van der Waals surface area contributed by atoms with Crippen molar-refractivity contribution >= 4 is 47.3 Å². The third kappa shape index (κ3) is 10.9. The van der Waals surface area contributed by atoms with Gasteiger partial charge in [-0.2, -0.15) is 11.8 Å². The van der Waals surface area contributed by atoms with Gasteiger partial charge in [-0.05, 0) is 113 Å². The highest BCUT2D eigenvalue weighted by Gasteiger charge is 2.68. The number of hydrogen-bond acceptors (Lipinski definition) is 11. The first-order valence-corrected chi connectivity index (χ1v) is 20.9. The monoisotopic (exact) mass is 807 g/mol. The molecule has 0 spiro atoms. The zero-order valence-corrected chi connectivity index (χ0v) is 34.2. The molecule has 0 aliphatic heterocycles. The zero-order valence-electron chi connectivity index (χ0n) is 33.4. The second kappa shape index (κ2) is 18.3. The molecular formula is C42H57N5O9S. The molecule has 0 radical (unpaired) electrons. The van der Waals surface area contributed by atoms with Crippen LogP contribution in [0.1, 0.15) is 70.4 Å². The fourth-order valence-corrected chi connectivity index (χ4v) is 9.87. The van der Waals surface area contributed by atoms with Crippen LogP contribution < -0.4 is 27.0 Å². The summed E-state index contributed by atoms with van der Waals surface area (Å²) >= 11 is 1.46. The normalized spacial score (nSPS) is 25.0. The second-order valence-corrected chi connectivity index (χ2v) is 17.9. The Morgan fingerprint density at radius 2 is 1.46 bits per heavy atom. The summed E-state index contributed by atoms with van der Waals surface area (Å²) in [6, 6.07) is 12.1. The van der Waals surface area contributed by atoms with Crippen molar-refractivity contribution in [3.05, 3.63) is 65.7 Å². The maximum atomic E-state index is 14.8. The Morgan fingerprint density at radius 1 is 0.842 bits per heavy atom. The molecule has 7 N–H and O–H groups in total. The van der Waals surface area contributed by atoms with Gasteiger partial charge in [0, 0.05) is 12.0 Å². The molecular weight excluding hydrogens is 751 g/mol. The van der Waals surface area contributed by atoms with Gasteiger partial charge in [0.2, 0.25) is 17.7 Å². The van der Waals surface area contributed by atoms with Crippen molar-refractivity contribution in [2.24, 2.45) is 28.9 Å². The van der Waals surface area contributed by atoms with Crippen molar-refractivity contribution in [1.29, 1.82) is 0 Å². The number of hydrogen-bond donors (Lipinski definition) is 6. The van der Waals surface area contributed by atoms with E-state index in [1.165, 1.54) is 31.0 Å². The highest BCUT2D eigenvalue weighted by molar-refractivity contribution is 7.98. The van der Waals surface area contributed by atoms with Gasteiger partial charge in [0.05, 0.1) is 31.0 Å². The highest BCUT2D eigenvalue weighted by atomic mass is 32.2. The van der Waals surface area contributed by atoms with E-state index in [-0.39, 0.29) is 42.6 Å². The Labute approximate surface area is 338 Å². The molecule has 0 saturated heterocycles. The van der Waals surface area contributed by atoms with Crippen molar-refractivity contribution < 1.29 is 43.3 Å².